The van der Waals surface area contributed by atoms with E-state index in [4.69, 9.17) is 21.1 Å². The van der Waals surface area contributed by atoms with Crippen LogP contribution in [0.2, 0.25) is 5.02 Å². The first-order valence-electron chi connectivity index (χ1n) is 10.9. The van der Waals surface area contributed by atoms with Gasteiger partial charge in [0.25, 0.3) is 0 Å². The van der Waals surface area contributed by atoms with Crippen molar-refractivity contribution in [3.8, 4) is 11.5 Å². The zero-order chi connectivity index (χ0) is 26.1. The van der Waals surface area contributed by atoms with Crippen LogP contribution in [-0.2, 0) is 9.59 Å². The minimum absolute atomic E-state index is 0.214. The Hall–Kier alpha value is -3.69. The number of ether oxygens (including phenoxy) is 2. The zero-order valence-corrected chi connectivity index (χ0v) is 21.9. The van der Waals surface area contributed by atoms with E-state index in [1.165, 1.54) is 6.21 Å². The van der Waals surface area contributed by atoms with Gasteiger partial charge < -0.3 is 14.8 Å². The lowest BCUT2D eigenvalue weighted by Gasteiger charge is -2.09. The Morgan fingerprint density at radius 2 is 1.78 bits per heavy atom. The largest absolute Gasteiger partial charge is 0.494 e. The lowest BCUT2D eigenvalue weighted by atomic mass is 10.2. The third kappa shape index (κ3) is 7.66. The van der Waals surface area contributed by atoms with Gasteiger partial charge >= 0.3 is 17.8 Å². The maximum atomic E-state index is 12.6. The third-order valence-corrected chi connectivity index (χ3v) is 5.64. The first-order chi connectivity index (χ1) is 17.3. The number of hydrazone groups is 1. The summed E-state index contributed by atoms with van der Waals surface area (Å²) in [7, 11) is 0. The van der Waals surface area contributed by atoms with E-state index >= 15 is 0 Å². The Balaban J connectivity index is 1.63. The molecule has 0 bridgehead atoms. The van der Waals surface area contributed by atoms with Crippen molar-refractivity contribution in [3.63, 3.8) is 0 Å². The number of amides is 2. The minimum atomic E-state index is -0.984. The highest BCUT2D eigenvalue weighted by Gasteiger charge is 2.15. The fourth-order valence-corrected chi connectivity index (χ4v) is 3.41. The molecule has 2 amide bonds. The predicted molar refractivity (Wildman–Crippen MR) is 142 cm³/mol. The van der Waals surface area contributed by atoms with Gasteiger partial charge in [-0.3, -0.25) is 9.59 Å². The van der Waals surface area contributed by atoms with Crippen LogP contribution >= 0.6 is 27.5 Å². The number of benzene rings is 3. The second-order valence-corrected chi connectivity index (χ2v) is 8.88. The summed E-state index contributed by atoms with van der Waals surface area (Å²) < 4.78 is 11.7. The Labute approximate surface area is 221 Å². The maximum absolute atomic E-state index is 12.6. The average Bonchev–Trinajstić information content (AvgIpc) is 2.86. The molecule has 3 aromatic rings. The molecule has 36 heavy (non-hydrogen) atoms. The van der Waals surface area contributed by atoms with Crippen molar-refractivity contribution in [2.45, 2.75) is 20.3 Å². The highest BCUT2D eigenvalue weighted by atomic mass is 79.9. The first-order valence-corrected chi connectivity index (χ1v) is 12.1. The van der Waals surface area contributed by atoms with Crippen molar-refractivity contribution >= 4 is 57.2 Å². The number of rotatable bonds is 8. The number of nitrogens with one attached hydrogen (secondary N) is 2. The topological polar surface area (TPSA) is 106 Å². The molecule has 186 valence electrons. The second kappa shape index (κ2) is 12.9. The van der Waals surface area contributed by atoms with Crippen molar-refractivity contribution in [3.05, 3.63) is 86.8 Å². The molecule has 2 N–H and O–H groups in total. The summed E-state index contributed by atoms with van der Waals surface area (Å²) in [6.07, 6.45) is 2.15. The van der Waals surface area contributed by atoms with Crippen LogP contribution in [0.25, 0.3) is 0 Å². The molecule has 0 radical (unpaired) electrons. The summed E-state index contributed by atoms with van der Waals surface area (Å²) in [6, 6.07) is 16.4. The summed E-state index contributed by atoms with van der Waals surface area (Å²) in [5.74, 6) is -1.60. The molecule has 0 heterocycles. The van der Waals surface area contributed by atoms with Gasteiger partial charge in [0.05, 0.1) is 18.4 Å². The van der Waals surface area contributed by atoms with Gasteiger partial charge in [0, 0.05) is 20.7 Å². The fourth-order valence-electron chi connectivity index (χ4n) is 2.85. The molecule has 3 aromatic carbocycles. The quantitative estimate of drug-likeness (QED) is 0.122. The van der Waals surface area contributed by atoms with Crippen molar-refractivity contribution in [1.29, 1.82) is 0 Å². The maximum Gasteiger partial charge on any atom is 0.343 e. The monoisotopic (exact) mass is 571 g/mol. The lowest BCUT2D eigenvalue weighted by Crippen LogP contribution is -2.32. The normalized spacial score (nSPS) is 10.7. The third-order valence-electron chi connectivity index (χ3n) is 4.74. The van der Waals surface area contributed by atoms with Crippen molar-refractivity contribution < 1.29 is 23.9 Å². The van der Waals surface area contributed by atoms with E-state index in [1.54, 1.807) is 60.7 Å². The standard InChI is InChI=1S/C26H23BrClN3O5/c1-3-12-35-21-9-5-17(6-10-21)26(34)36-23-11-7-19(27)13-18(23)15-29-31-25(33)24(32)30-20-8-4-16(2)22(28)14-20/h4-11,13-15H,3,12H2,1-2H3,(H,30,32)(H,31,33)/b29-15+. The van der Waals surface area contributed by atoms with Crippen molar-refractivity contribution in [2.75, 3.05) is 11.9 Å². The molecule has 0 unspecified atom stereocenters. The number of anilines is 1. The van der Waals surface area contributed by atoms with E-state index in [2.05, 4.69) is 31.8 Å². The van der Waals surface area contributed by atoms with E-state index in [0.29, 0.717) is 38.7 Å². The summed E-state index contributed by atoms with van der Waals surface area (Å²) in [4.78, 5) is 36.9. The van der Waals surface area contributed by atoms with Gasteiger partial charge in [0.2, 0.25) is 0 Å². The van der Waals surface area contributed by atoms with Crippen LogP contribution in [0.5, 0.6) is 11.5 Å². The van der Waals surface area contributed by atoms with Gasteiger partial charge in [-0.2, -0.15) is 5.10 Å². The molecular formula is C26H23BrClN3O5. The van der Waals surface area contributed by atoms with Gasteiger partial charge in [0.15, 0.2) is 0 Å². The van der Waals surface area contributed by atoms with Gasteiger partial charge in [-0.05, 0) is 73.5 Å². The van der Waals surface area contributed by atoms with Crippen LogP contribution in [0, 0.1) is 6.92 Å². The number of carbonyl (C=O) groups excluding carboxylic acids is 3. The lowest BCUT2D eigenvalue weighted by molar-refractivity contribution is -0.136. The number of halogens is 2. The number of nitrogens with zero attached hydrogens (tertiary/aromatic N) is 1. The second-order valence-electron chi connectivity index (χ2n) is 7.56. The molecule has 0 aliphatic rings. The summed E-state index contributed by atoms with van der Waals surface area (Å²) in [5, 5.41) is 6.72. The van der Waals surface area contributed by atoms with Crippen molar-refractivity contribution in [1.82, 2.24) is 5.43 Å². The molecule has 0 aliphatic heterocycles. The molecule has 0 aliphatic carbocycles. The highest BCUT2D eigenvalue weighted by Crippen LogP contribution is 2.24. The molecule has 8 nitrogen and oxygen atoms in total. The number of hydrogen-bond donors (Lipinski definition) is 2. The van der Waals surface area contributed by atoms with Crippen LogP contribution < -0.4 is 20.2 Å². The molecule has 10 heteroatoms. The molecule has 3 rings (SSSR count). The van der Waals surface area contributed by atoms with Crippen LogP contribution in [-0.4, -0.2) is 30.6 Å². The zero-order valence-electron chi connectivity index (χ0n) is 19.5. The summed E-state index contributed by atoms with van der Waals surface area (Å²) in [5.41, 5.74) is 4.10. The molecule has 0 saturated carbocycles. The Bertz CT molecular complexity index is 1300. The van der Waals surface area contributed by atoms with Crippen molar-refractivity contribution in [2.24, 2.45) is 5.10 Å². The molecule has 0 atom stereocenters. The van der Waals surface area contributed by atoms with Gasteiger partial charge in [0.1, 0.15) is 11.5 Å². The number of carbonyl (C=O) groups is 3. The number of aryl methyl sites for hydroxylation is 1. The smallest absolute Gasteiger partial charge is 0.343 e. The molecule has 0 fully saturated rings. The van der Waals surface area contributed by atoms with Gasteiger partial charge in [-0.1, -0.05) is 40.5 Å². The minimum Gasteiger partial charge on any atom is -0.494 e. The molecule has 0 spiro atoms. The Kier molecular flexibility index (Phi) is 9.61. The van der Waals surface area contributed by atoms with E-state index in [9.17, 15) is 14.4 Å². The predicted octanol–water partition coefficient (Wildman–Crippen LogP) is 5.51. The van der Waals surface area contributed by atoms with E-state index in [-0.39, 0.29) is 5.75 Å². The Morgan fingerprint density at radius 1 is 1.03 bits per heavy atom. The van der Waals surface area contributed by atoms with Crippen LogP contribution in [0.4, 0.5) is 5.69 Å². The number of esters is 1. The highest BCUT2D eigenvalue weighted by molar-refractivity contribution is 9.10. The molecular weight excluding hydrogens is 550 g/mol. The van der Waals surface area contributed by atoms with Crippen LogP contribution in [0.15, 0.2) is 70.2 Å². The van der Waals surface area contributed by atoms with Gasteiger partial charge in [-0.15, -0.1) is 0 Å². The van der Waals surface area contributed by atoms with Crippen LogP contribution in [0.3, 0.4) is 0 Å². The number of hydrogen-bond acceptors (Lipinski definition) is 6. The van der Waals surface area contributed by atoms with Crippen LogP contribution in [0.1, 0.15) is 34.8 Å². The molecule has 0 aromatic heterocycles. The van der Waals surface area contributed by atoms with E-state index < -0.39 is 17.8 Å². The Morgan fingerprint density at radius 3 is 2.47 bits per heavy atom. The molecule has 0 saturated heterocycles. The summed E-state index contributed by atoms with van der Waals surface area (Å²) in [6.45, 7) is 4.42. The average molecular weight is 573 g/mol. The first kappa shape index (κ1) is 26.9. The fraction of sp³-hybridized carbons (Fsp3) is 0.154. The van der Waals surface area contributed by atoms with Gasteiger partial charge in [-0.25, -0.2) is 10.2 Å². The van der Waals surface area contributed by atoms with E-state index in [0.717, 1.165) is 12.0 Å². The summed E-state index contributed by atoms with van der Waals surface area (Å²) >= 11 is 9.39. The SMILES string of the molecule is CCCOc1ccc(C(=O)Oc2ccc(Br)cc2/C=N/NC(=O)C(=O)Nc2ccc(C)c(Cl)c2)cc1. The van der Waals surface area contributed by atoms with E-state index in [1.807, 2.05) is 13.8 Å².